The Balaban J connectivity index is 0.00000200. The minimum absolute atomic E-state index is 0. The highest BCUT2D eigenvalue weighted by Gasteiger charge is 2.29. The summed E-state index contributed by atoms with van der Waals surface area (Å²) in [5.41, 5.74) is 5.09. The van der Waals surface area contributed by atoms with Gasteiger partial charge in [-0.2, -0.15) is 4.37 Å². The maximum Gasteiger partial charge on any atom is 0.242 e. The average Bonchev–Trinajstić information content (AvgIpc) is 2.63. The lowest BCUT2D eigenvalue weighted by molar-refractivity contribution is -0.135. The van der Waals surface area contributed by atoms with Crippen molar-refractivity contribution in [2.45, 2.75) is 32.7 Å². The second-order valence-corrected chi connectivity index (χ2v) is 6.21. The molecule has 1 saturated heterocycles. The first-order valence-corrected chi connectivity index (χ1v) is 7.29. The van der Waals surface area contributed by atoms with Gasteiger partial charge in [0.15, 0.2) is 0 Å². The van der Waals surface area contributed by atoms with Crippen molar-refractivity contribution in [1.29, 1.82) is 0 Å². The number of amides is 1. The van der Waals surface area contributed by atoms with E-state index in [9.17, 15) is 4.79 Å². The van der Waals surface area contributed by atoms with Crippen LogP contribution in [0, 0.1) is 6.92 Å². The number of carbonyl (C=O) groups is 1. The Morgan fingerprint density at radius 1 is 1.24 bits per heavy atom. The van der Waals surface area contributed by atoms with Gasteiger partial charge in [0.2, 0.25) is 11.0 Å². The first-order valence-electron chi connectivity index (χ1n) is 6.51. The van der Waals surface area contributed by atoms with E-state index in [4.69, 9.17) is 5.73 Å². The van der Waals surface area contributed by atoms with Crippen molar-refractivity contribution >= 4 is 47.4 Å². The van der Waals surface area contributed by atoms with Gasteiger partial charge < -0.3 is 15.5 Å². The number of anilines is 1. The predicted molar refractivity (Wildman–Crippen MR) is 90.8 cm³/mol. The third-order valence-corrected chi connectivity index (χ3v) is 3.99. The van der Waals surface area contributed by atoms with Gasteiger partial charge in [0, 0.05) is 37.7 Å². The zero-order valence-corrected chi connectivity index (χ0v) is 15.0. The molecule has 0 bridgehead atoms. The molecule has 21 heavy (non-hydrogen) atoms. The van der Waals surface area contributed by atoms with Gasteiger partial charge in [-0.3, -0.25) is 4.79 Å². The van der Waals surface area contributed by atoms with E-state index in [0.717, 1.165) is 37.0 Å². The molecule has 1 aromatic heterocycles. The summed E-state index contributed by atoms with van der Waals surface area (Å²) >= 11 is 1.42. The molecule has 0 spiro atoms. The summed E-state index contributed by atoms with van der Waals surface area (Å²) in [5.74, 6) is 0.822. The van der Waals surface area contributed by atoms with Crippen LogP contribution in [0.5, 0.6) is 0 Å². The highest BCUT2D eigenvalue weighted by Crippen LogP contribution is 2.19. The van der Waals surface area contributed by atoms with Crippen LogP contribution in [0.4, 0.5) is 5.13 Å². The van der Waals surface area contributed by atoms with Gasteiger partial charge in [-0.25, -0.2) is 4.98 Å². The van der Waals surface area contributed by atoms with Crippen molar-refractivity contribution in [2.24, 2.45) is 5.73 Å². The number of aryl methyl sites for hydroxylation is 1. The molecule has 1 amide bonds. The third-order valence-electron chi connectivity index (χ3n) is 3.12. The first-order chi connectivity index (χ1) is 8.88. The molecule has 9 heteroatoms. The molecule has 2 N–H and O–H groups in total. The average molecular weight is 356 g/mol. The van der Waals surface area contributed by atoms with Crippen LogP contribution in [0.3, 0.4) is 0 Å². The van der Waals surface area contributed by atoms with E-state index in [1.807, 2.05) is 11.8 Å². The fourth-order valence-electron chi connectivity index (χ4n) is 2.13. The first kappa shape index (κ1) is 20.4. The van der Waals surface area contributed by atoms with Crippen LogP contribution in [0.1, 0.15) is 26.1 Å². The molecular weight excluding hydrogens is 333 g/mol. The largest absolute Gasteiger partial charge is 0.345 e. The molecule has 1 fully saturated rings. The Labute approximate surface area is 142 Å². The second-order valence-electron chi connectivity index (χ2n) is 5.48. The van der Waals surface area contributed by atoms with Gasteiger partial charge >= 0.3 is 0 Å². The minimum Gasteiger partial charge on any atom is -0.345 e. The van der Waals surface area contributed by atoms with Crippen molar-refractivity contribution in [3.8, 4) is 0 Å². The molecule has 122 valence electrons. The molecule has 2 rings (SSSR count). The van der Waals surface area contributed by atoms with Crippen molar-refractivity contribution < 1.29 is 4.79 Å². The molecule has 1 aliphatic rings. The number of carbonyl (C=O) groups excluding carboxylic acids is 1. The second kappa shape index (κ2) is 8.12. The summed E-state index contributed by atoms with van der Waals surface area (Å²) in [6, 6.07) is 0. The lowest BCUT2D eigenvalue weighted by Gasteiger charge is -2.28. The Morgan fingerprint density at radius 3 is 2.43 bits per heavy atom. The van der Waals surface area contributed by atoms with E-state index in [-0.39, 0.29) is 30.7 Å². The van der Waals surface area contributed by atoms with Crippen LogP contribution in [0.15, 0.2) is 0 Å². The highest BCUT2D eigenvalue weighted by atomic mass is 35.5. The van der Waals surface area contributed by atoms with Crippen molar-refractivity contribution in [1.82, 2.24) is 14.3 Å². The number of aromatic nitrogens is 2. The van der Waals surface area contributed by atoms with E-state index < -0.39 is 5.54 Å². The molecule has 6 nitrogen and oxygen atoms in total. The summed E-state index contributed by atoms with van der Waals surface area (Å²) in [6.45, 7) is 8.55. The minimum atomic E-state index is -0.797. The standard InChI is InChI=1S/C12H21N5OS.2ClH/c1-9-14-11(19-15-9)17-6-4-5-16(7-8-17)10(18)12(2,3)13;;/h4-8,13H2,1-3H3;2*1H. The summed E-state index contributed by atoms with van der Waals surface area (Å²) in [6.07, 6.45) is 0.931. The van der Waals surface area contributed by atoms with Gasteiger partial charge in [0.25, 0.3) is 0 Å². The Morgan fingerprint density at radius 2 is 1.90 bits per heavy atom. The van der Waals surface area contributed by atoms with Gasteiger partial charge in [0.1, 0.15) is 5.82 Å². The Bertz CT molecular complexity index is 463. The zero-order valence-electron chi connectivity index (χ0n) is 12.5. The molecule has 2 heterocycles. The summed E-state index contributed by atoms with van der Waals surface area (Å²) in [4.78, 5) is 20.6. The van der Waals surface area contributed by atoms with E-state index in [1.165, 1.54) is 11.5 Å². The molecular formula is C12H23Cl2N5OS. The number of nitrogens with two attached hydrogens (primary N) is 1. The number of hydrogen-bond donors (Lipinski definition) is 1. The molecule has 0 unspecified atom stereocenters. The zero-order chi connectivity index (χ0) is 14.0. The Hall–Kier alpha value is -0.630. The smallest absolute Gasteiger partial charge is 0.242 e. The van der Waals surface area contributed by atoms with E-state index in [2.05, 4.69) is 14.3 Å². The molecule has 0 saturated carbocycles. The molecule has 1 aliphatic heterocycles. The van der Waals surface area contributed by atoms with Gasteiger partial charge in [0.05, 0.1) is 5.54 Å². The predicted octanol–water partition coefficient (Wildman–Crippen LogP) is 1.47. The number of hydrogen-bond acceptors (Lipinski definition) is 6. The molecule has 0 atom stereocenters. The van der Waals surface area contributed by atoms with Crippen molar-refractivity contribution in [2.75, 3.05) is 31.1 Å². The van der Waals surface area contributed by atoms with Gasteiger partial charge in [-0.05, 0) is 27.2 Å². The lowest BCUT2D eigenvalue weighted by atomic mass is 10.1. The summed E-state index contributed by atoms with van der Waals surface area (Å²) in [5, 5.41) is 0.943. The fraction of sp³-hybridized carbons (Fsp3) is 0.750. The van der Waals surface area contributed by atoms with Crippen LogP contribution >= 0.6 is 36.3 Å². The fourth-order valence-corrected chi connectivity index (χ4v) is 2.86. The maximum absolute atomic E-state index is 12.2. The van der Waals surface area contributed by atoms with Crippen molar-refractivity contribution in [3.63, 3.8) is 0 Å². The molecule has 0 aliphatic carbocycles. The van der Waals surface area contributed by atoms with Crippen LogP contribution in [0.25, 0.3) is 0 Å². The normalized spacial score (nSPS) is 15.8. The van der Waals surface area contributed by atoms with Gasteiger partial charge in [-0.1, -0.05) is 0 Å². The lowest BCUT2D eigenvalue weighted by Crippen LogP contribution is -2.52. The van der Waals surface area contributed by atoms with E-state index in [0.29, 0.717) is 6.54 Å². The number of halogens is 2. The highest BCUT2D eigenvalue weighted by molar-refractivity contribution is 7.09. The van der Waals surface area contributed by atoms with Crippen LogP contribution in [-0.2, 0) is 4.79 Å². The molecule has 0 aromatic carbocycles. The maximum atomic E-state index is 12.2. The number of rotatable bonds is 2. The topological polar surface area (TPSA) is 75.4 Å². The summed E-state index contributed by atoms with van der Waals surface area (Å²) in [7, 11) is 0. The van der Waals surface area contributed by atoms with Crippen LogP contribution in [0.2, 0.25) is 0 Å². The van der Waals surface area contributed by atoms with E-state index in [1.54, 1.807) is 13.8 Å². The Kier molecular flexibility index (Phi) is 7.88. The monoisotopic (exact) mass is 355 g/mol. The van der Waals surface area contributed by atoms with Gasteiger partial charge in [-0.15, -0.1) is 24.8 Å². The van der Waals surface area contributed by atoms with Crippen LogP contribution in [-0.4, -0.2) is 51.9 Å². The molecule has 0 radical (unpaired) electrons. The third kappa shape index (κ3) is 5.25. The molecule has 1 aromatic rings. The van der Waals surface area contributed by atoms with Crippen LogP contribution < -0.4 is 10.6 Å². The quantitative estimate of drug-likeness (QED) is 0.869. The van der Waals surface area contributed by atoms with E-state index >= 15 is 0 Å². The SMILES string of the molecule is Cc1nsc(N2CCCN(C(=O)C(C)(C)N)CC2)n1.Cl.Cl. The van der Waals surface area contributed by atoms with Crippen molar-refractivity contribution in [3.05, 3.63) is 5.82 Å². The number of nitrogens with zero attached hydrogens (tertiary/aromatic N) is 4. The summed E-state index contributed by atoms with van der Waals surface area (Å²) < 4.78 is 4.20.